The fourth-order valence-electron chi connectivity index (χ4n) is 2.73. The van der Waals surface area contributed by atoms with Crippen LogP contribution in [0.4, 0.5) is 4.79 Å². The summed E-state index contributed by atoms with van der Waals surface area (Å²) in [5, 5.41) is 3.61. The van der Waals surface area contributed by atoms with Gasteiger partial charge >= 0.3 is 6.03 Å². The van der Waals surface area contributed by atoms with E-state index in [-0.39, 0.29) is 10.1 Å². The molecule has 0 aliphatic carbocycles. The van der Waals surface area contributed by atoms with Gasteiger partial charge in [0, 0.05) is 13.1 Å². The van der Waals surface area contributed by atoms with Crippen LogP contribution in [0.2, 0.25) is 0 Å². The van der Waals surface area contributed by atoms with E-state index in [0.717, 1.165) is 22.1 Å². The largest absolute Gasteiger partial charge is 0.346 e. The van der Waals surface area contributed by atoms with E-state index in [0.29, 0.717) is 25.9 Å². The quantitative estimate of drug-likeness (QED) is 0.786. The van der Waals surface area contributed by atoms with Gasteiger partial charge < -0.3 is 4.90 Å². The Labute approximate surface area is 148 Å². The van der Waals surface area contributed by atoms with E-state index in [1.54, 1.807) is 17.0 Å². The van der Waals surface area contributed by atoms with Crippen LogP contribution in [-0.4, -0.2) is 47.2 Å². The lowest BCUT2D eigenvalue weighted by molar-refractivity contribution is 0.201. The predicted molar refractivity (Wildman–Crippen MR) is 94.4 cm³/mol. The summed E-state index contributed by atoms with van der Waals surface area (Å²) >= 11 is 0. The van der Waals surface area contributed by atoms with Gasteiger partial charge in [-0.25, -0.2) is 18.2 Å². The van der Waals surface area contributed by atoms with Crippen molar-refractivity contribution in [2.75, 3.05) is 13.1 Å². The van der Waals surface area contributed by atoms with Crippen LogP contribution in [0.5, 0.6) is 0 Å². The van der Waals surface area contributed by atoms with E-state index >= 15 is 0 Å². The molecule has 0 bridgehead atoms. The fraction of sp³-hybridized carbons (Fsp3) is 0.471. The zero-order chi connectivity index (χ0) is 18.6. The molecular weight excluding hydrogens is 340 g/mol. The van der Waals surface area contributed by atoms with Crippen LogP contribution >= 0.6 is 0 Å². The molecule has 136 valence electrons. The van der Waals surface area contributed by atoms with Crippen LogP contribution in [0.15, 0.2) is 34.6 Å². The zero-order valence-corrected chi connectivity index (χ0v) is 15.9. The molecule has 0 saturated carbocycles. The summed E-state index contributed by atoms with van der Waals surface area (Å²) in [5.74, 6) is 0. The average Bonchev–Trinajstić information content (AvgIpc) is 3.12. The molecule has 0 saturated heterocycles. The first-order chi connectivity index (χ1) is 11.9. The Kier molecular flexibility index (Phi) is 5.94. The van der Waals surface area contributed by atoms with Gasteiger partial charge in [0.15, 0.2) is 0 Å². The summed E-state index contributed by atoms with van der Waals surface area (Å²) in [6.07, 6.45) is 2.33. The van der Waals surface area contributed by atoms with Crippen molar-refractivity contribution in [1.29, 1.82) is 0 Å². The molecule has 0 aliphatic heterocycles. The van der Waals surface area contributed by atoms with Crippen molar-refractivity contribution in [1.82, 2.24) is 19.7 Å². The number of carbonyl (C=O) groups excluding carboxylic acids is 1. The van der Waals surface area contributed by atoms with Crippen LogP contribution in [0.25, 0.3) is 0 Å². The number of benzene rings is 1. The minimum atomic E-state index is -3.89. The monoisotopic (exact) mass is 364 g/mol. The second-order valence-electron chi connectivity index (χ2n) is 5.54. The number of carbonyl (C=O) groups is 1. The SMILES string of the molecule is CCc1cccc(CC)c1S(=O)(=O)c1ncn(C(=O)N(CC)CC)n1. The Balaban J connectivity index is 2.51. The van der Waals surface area contributed by atoms with Gasteiger partial charge in [-0.1, -0.05) is 32.0 Å². The highest BCUT2D eigenvalue weighted by Gasteiger charge is 2.28. The molecule has 2 rings (SSSR count). The van der Waals surface area contributed by atoms with Gasteiger partial charge in [-0.3, -0.25) is 0 Å². The van der Waals surface area contributed by atoms with Crippen molar-refractivity contribution in [3.8, 4) is 0 Å². The predicted octanol–water partition coefficient (Wildman–Crippen LogP) is 2.55. The molecule has 1 aromatic carbocycles. The van der Waals surface area contributed by atoms with E-state index < -0.39 is 15.9 Å². The molecule has 1 aromatic heterocycles. The number of hydrogen-bond donors (Lipinski definition) is 0. The normalized spacial score (nSPS) is 11.5. The summed E-state index contributed by atoms with van der Waals surface area (Å²) < 4.78 is 27.1. The molecule has 0 unspecified atom stereocenters. The Morgan fingerprint density at radius 3 is 2.12 bits per heavy atom. The third-order valence-electron chi connectivity index (χ3n) is 4.15. The molecule has 0 aliphatic rings. The maximum absolute atomic E-state index is 13.1. The lowest BCUT2D eigenvalue weighted by atomic mass is 10.1. The number of aromatic nitrogens is 3. The molecule has 0 atom stereocenters. The van der Waals surface area contributed by atoms with Gasteiger partial charge in [0.25, 0.3) is 5.16 Å². The maximum atomic E-state index is 13.1. The van der Waals surface area contributed by atoms with Gasteiger partial charge in [-0.15, -0.1) is 5.10 Å². The van der Waals surface area contributed by atoms with E-state index in [2.05, 4.69) is 10.1 Å². The van der Waals surface area contributed by atoms with Gasteiger partial charge in [0.1, 0.15) is 6.33 Å². The Morgan fingerprint density at radius 1 is 1.08 bits per heavy atom. The van der Waals surface area contributed by atoms with Gasteiger partial charge in [-0.05, 0) is 37.8 Å². The van der Waals surface area contributed by atoms with Crippen molar-refractivity contribution in [2.45, 2.75) is 50.6 Å². The fourth-order valence-corrected chi connectivity index (χ4v) is 4.41. The number of hydrogen-bond acceptors (Lipinski definition) is 5. The molecule has 0 N–H and O–H groups in total. The lowest BCUT2D eigenvalue weighted by Gasteiger charge is -2.17. The van der Waals surface area contributed by atoms with Crippen LogP contribution < -0.4 is 0 Å². The topological polar surface area (TPSA) is 85.2 Å². The summed E-state index contributed by atoms with van der Waals surface area (Å²) in [6, 6.07) is 5.05. The van der Waals surface area contributed by atoms with Gasteiger partial charge in [0.05, 0.1) is 4.90 Å². The van der Waals surface area contributed by atoms with Crippen molar-refractivity contribution in [2.24, 2.45) is 0 Å². The van der Waals surface area contributed by atoms with E-state index in [4.69, 9.17) is 0 Å². The first-order valence-electron chi connectivity index (χ1n) is 8.47. The summed E-state index contributed by atoms with van der Waals surface area (Å²) in [5.41, 5.74) is 1.46. The molecule has 1 heterocycles. The first kappa shape index (κ1) is 19.1. The molecule has 0 spiro atoms. The van der Waals surface area contributed by atoms with E-state index in [9.17, 15) is 13.2 Å². The first-order valence-corrected chi connectivity index (χ1v) is 9.95. The highest BCUT2D eigenvalue weighted by Crippen LogP contribution is 2.26. The molecule has 0 radical (unpaired) electrons. The zero-order valence-electron chi connectivity index (χ0n) is 15.1. The van der Waals surface area contributed by atoms with Gasteiger partial charge in [0.2, 0.25) is 9.84 Å². The molecule has 7 nitrogen and oxygen atoms in total. The summed E-state index contributed by atoms with van der Waals surface area (Å²) in [7, 11) is -3.89. The minimum absolute atomic E-state index is 0.257. The average molecular weight is 364 g/mol. The smallest absolute Gasteiger partial charge is 0.323 e. The van der Waals surface area contributed by atoms with Crippen molar-refractivity contribution >= 4 is 15.9 Å². The standard InChI is InChI=1S/C17H24N4O3S/c1-5-13-10-9-11-14(6-2)15(13)25(23,24)16-18-12-21(19-16)17(22)20(7-3)8-4/h9-12H,5-8H2,1-4H3. The maximum Gasteiger partial charge on any atom is 0.346 e. The molecule has 8 heteroatoms. The third-order valence-corrected chi connectivity index (χ3v) is 5.88. The number of amides is 1. The van der Waals surface area contributed by atoms with Crippen LogP contribution in [-0.2, 0) is 22.7 Å². The van der Waals surface area contributed by atoms with E-state index in [1.807, 2.05) is 33.8 Å². The summed E-state index contributed by atoms with van der Waals surface area (Å²) in [6.45, 7) is 8.53. The number of rotatable bonds is 6. The van der Waals surface area contributed by atoms with Crippen LogP contribution in [0.1, 0.15) is 38.8 Å². The molecule has 0 fully saturated rings. The van der Waals surface area contributed by atoms with Crippen molar-refractivity contribution < 1.29 is 13.2 Å². The Hall–Kier alpha value is -2.22. The number of sulfone groups is 1. The minimum Gasteiger partial charge on any atom is -0.323 e. The second kappa shape index (κ2) is 7.77. The van der Waals surface area contributed by atoms with Gasteiger partial charge in [-0.2, -0.15) is 4.68 Å². The highest BCUT2D eigenvalue weighted by molar-refractivity contribution is 7.91. The number of nitrogens with zero attached hydrogens (tertiary/aromatic N) is 4. The van der Waals surface area contributed by atoms with Crippen LogP contribution in [0, 0.1) is 0 Å². The molecular formula is C17H24N4O3S. The lowest BCUT2D eigenvalue weighted by Crippen LogP contribution is -2.34. The number of aryl methyl sites for hydroxylation is 2. The Morgan fingerprint density at radius 2 is 1.64 bits per heavy atom. The molecule has 25 heavy (non-hydrogen) atoms. The Bertz CT molecular complexity index is 832. The third kappa shape index (κ3) is 3.58. The van der Waals surface area contributed by atoms with E-state index in [1.165, 1.54) is 0 Å². The highest BCUT2D eigenvalue weighted by atomic mass is 32.2. The second-order valence-corrected chi connectivity index (χ2v) is 7.32. The molecule has 1 amide bonds. The summed E-state index contributed by atoms with van der Waals surface area (Å²) in [4.78, 5) is 18.0. The van der Waals surface area contributed by atoms with Crippen LogP contribution in [0.3, 0.4) is 0 Å². The van der Waals surface area contributed by atoms with Crippen molar-refractivity contribution in [3.63, 3.8) is 0 Å². The van der Waals surface area contributed by atoms with Crippen molar-refractivity contribution in [3.05, 3.63) is 35.7 Å². The molecule has 2 aromatic rings.